The Kier molecular flexibility index (Phi) is 3.47. The minimum atomic E-state index is -0.206. The highest BCUT2D eigenvalue weighted by atomic mass is 19.1. The molecule has 3 heteroatoms. The predicted molar refractivity (Wildman–Crippen MR) is 71.9 cm³/mol. The molecule has 2 aromatic carbocycles. The maximum Gasteiger partial charge on any atom is 0.215 e. The second kappa shape index (κ2) is 5.41. The summed E-state index contributed by atoms with van der Waals surface area (Å²) in [6.45, 7) is 0.743. The number of nitrogens with one attached hydrogen (secondary N) is 1. The van der Waals surface area contributed by atoms with E-state index in [2.05, 4.69) is 17.4 Å². The normalized spacial score (nSPS) is 14.8. The van der Waals surface area contributed by atoms with Gasteiger partial charge in [-0.25, -0.2) is 4.39 Å². The lowest BCUT2D eigenvalue weighted by atomic mass is 10.0. The van der Waals surface area contributed by atoms with E-state index in [0.29, 0.717) is 0 Å². The Morgan fingerprint density at radius 1 is 1.05 bits per heavy atom. The molecule has 97 valence electrons. The Hall–Kier alpha value is -1.87. The summed E-state index contributed by atoms with van der Waals surface area (Å²) in [7, 11) is 0. The van der Waals surface area contributed by atoms with E-state index >= 15 is 0 Å². The maximum absolute atomic E-state index is 13.1. The van der Waals surface area contributed by atoms with Gasteiger partial charge in [0, 0.05) is 13.0 Å². The van der Waals surface area contributed by atoms with Crippen LogP contribution in [-0.2, 0) is 13.0 Å². The average Bonchev–Trinajstić information content (AvgIpc) is 2.46. The minimum Gasteiger partial charge on any atom is -0.467 e. The number of benzene rings is 2. The molecule has 1 N–H and O–H groups in total. The van der Waals surface area contributed by atoms with Crippen molar-refractivity contribution >= 4 is 0 Å². The van der Waals surface area contributed by atoms with Gasteiger partial charge in [-0.05, 0) is 35.7 Å². The molecule has 0 atom stereocenters. The Labute approximate surface area is 112 Å². The molecule has 1 aliphatic heterocycles. The van der Waals surface area contributed by atoms with Gasteiger partial charge in [-0.15, -0.1) is 0 Å². The van der Waals surface area contributed by atoms with Crippen LogP contribution >= 0.6 is 0 Å². The maximum atomic E-state index is 13.1. The SMILES string of the molecule is Fc1ccc2c(c1)CC[C](NCc1ccccc1)O2. The number of hydrogen-bond donors (Lipinski definition) is 1. The summed E-state index contributed by atoms with van der Waals surface area (Å²) in [5.41, 5.74) is 2.15. The van der Waals surface area contributed by atoms with Gasteiger partial charge in [-0.2, -0.15) is 0 Å². The van der Waals surface area contributed by atoms with E-state index in [9.17, 15) is 4.39 Å². The van der Waals surface area contributed by atoms with Gasteiger partial charge in [0.05, 0.1) is 0 Å². The third-order valence-corrected chi connectivity index (χ3v) is 3.21. The Morgan fingerprint density at radius 3 is 2.74 bits per heavy atom. The van der Waals surface area contributed by atoms with Crippen LogP contribution in [0.1, 0.15) is 17.5 Å². The summed E-state index contributed by atoms with van der Waals surface area (Å²) in [5, 5.41) is 3.29. The smallest absolute Gasteiger partial charge is 0.215 e. The molecule has 0 spiro atoms. The second-order valence-corrected chi connectivity index (χ2v) is 4.62. The Morgan fingerprint density at radius 2 is 1.89 bits per heavy atom. The van der Waals surface area contributed by atoms with Crippen LogP contribution in [-0.4, -0.2) is 0 Å². The van der Waals surface area contributed by atoms with Crippen molar-refractivity contribution < 1.29 is 9.13 Å². The number of aryl methyl sites for hydroxylation is 1. The van der Waals surface area contributed by atoms with Crippen molar-refractivity contribution in [3.63, 3.8) is 0 Å². The lowest BCUT2D eigenvalue weighted by Crippen LogP contribution is -2.29. The first kappa shape index (κ1) is 12.2. The van der Waals surface area contributed by atoms with E-state index in [1.165, 1.54) is 11.6 Å². The molecule has 2 aromatic rings. The summed E-state index contributed by atoms with van der Waals surface area (Å²) in [4.78, 5) is 0. The highest BCUT2D eigenvalue weighted by molar-refractivity contribution is 5.37. The number of rotatable bonds is 3. The summed E-state index contributed by atoms with van der Waals surface area (Å²) >= 11 is 0. The fourth-order valence-electron chi connectivity index (χ4n) is 2.20. The van der Waals surface area contributed by atoms with Crippen molar-refractivity contribution in [1.82, 2.24) is 5.32 Å². The highest BCUT2D eigenvalue weighted by Crippen LogP contribution is 2.30. The van der Waals surface area contributed by atoms with E-state index < -0.39 is 0 Å². The lowest BCUT2D eigenvalue weighted by Gasteiger charge is -2.25. The van der Waals surface area contributed by atoms with Crippen molar-refractivity contribution in [3.05, 3.63) is 71.7 Å². The largest absolute Gasteiger partial charge is 0.467 e. The zero-order valence-electron chi connectivity index (χ0n) is 10.5. The molecule has 2 nitrogen and oxygen atoms in total. The van der Waals surface area contributed by atoms with Crippen LogP contribution in [0.5, 0.6) is 5.75 Å². The van der Waals surface area contributed by atoms with Crippen LogP contribution in [0.2, 0.25) is 0 Å². The third kappa shape index (κ3) is 2.93. The highest BCUT2D eigenvalue weighted by Gasteiger charge is 2.20. The van der Waals surface area contributed by atoms with Gasteiger partial charge in [0.2, 0.25) is 6.23 Å². The fourth-order valence-corrected chi connectivity index (χ4v) is 2.20. The molecule has 3 rings (SSSR count). The number of ether oxygens (including phenoxy) is 1. The van der Waals surface area contributed by atoms with Gasteiger partial charge in [-0.3, -0.25) is 5.32 Å². The summed E-state index contributed by atoms with van der Waals surface area (Å²) < 4.78 is 18.8. The Bertz CT molecular complexity index is 556. The zero-order chi connectivity index (χ0) is 13.1. The Balaban J connectivity index is 1.61. The summed E-state index contributed by atoms with van der Waals surface area (Å²) in [6.07, 6.45) is 2.44. The van der Waals surface area contributed by atoms with Gasteiger partial charge in [0.15, 0.2) is 0 Å². The summed E-state index contributed by atoms with van der Waals surface area (Å²) in [6, 6.07) is 14.8. The van der Waals surface area contributed by atoms with Crippen molar-refractivity contribution in [2.45, 2.75) is 19.4 Å². The fraction of sp³-hybridized carbons (Fsp3) is 0.188. The lowest BCUT2D eigenvalue weighted by molar-refractivity contribution is 0.244. The van der Waals surface area contributed by atoms with Crippen molar-refractivity contribution in [3.8, 4) is 5.75 Å². The zero-order valence-corrected chi connectivity index (χ0v) is 10.5. The van der Waals surface area contributed by atoms with Crippen LogP contribution in [0.3, 0.4) is 0 Å². The minimum absolute atomic E-state index is 0.206. The topological polar surface area (TPSA) is 21.3 Å². The molecule has 0 fully saturated rings. The molecule has 0 aromatic heterocycles. The molecule has 1 radical (unpaired) electrons. The first-order valence-electron chi connectivity index (χ1n) is 6.41. The van der Waals surface area contributed by atoms with Crippen molar-refractivity contribution in [1.29, 1.82) is 0 Å². The molecule has 0 saturated carbocycles. The molecule has 0 aliphatic carbocycles. The van der Waals surface area contributed by atoms with E-state index in [1.807, 2.05) is 18.2 Å². The van der Waals surface area contributed by atoms with Crippen LogP contribution in [0, 0.1) is 12.0 Å². The first-order chi connectivity index (χ1) is 9.31. The van der Waals surface area contributed by atoms with E-state index in [-0.39, 0.29) is 5.82 Å². The van der Waals surface area contributed by atoms with Gasteiger partial charge in [0.1, 0.15) is 11.6 Å². The molecular weight excluding hydrogens is 241 g/mol. The third-order valence-electron chi connectivity index (χ3n) is 3.21. The number of halogens is 1. The number of fused-ring (bicyclic) bond motifs is 1. The van der Waals surface area contributed by atoms with Crippen LogP contribution in [0.15, 0.2) is 48.5 Å². The first-order valence-corrected chi connectivity index (χ1v) is 6.41. The van der Waals surface area contributed by atoms with Gasteiger partial charge in [-0.1, -0.05) is 30.3 Å². The van der Waals surface area contributed by atoms with E-state index in [4.69, 9.17) is 4.74 Å². The van der Waals surface area contributed by atoms with Crippen molar-refractivity contribution in [2.24, 2.45) is 0 Å². The monoisotopic (exact) mass is 256 g/mol. The molecule has 19 heavy (non-hydrogen) atoms. The molecule has 1 aliphatic rings. The number of hydrogen-bond acceptors (Lipinski definition) is 2. The van der Waals surface area contributed by atoms with E-state index in [1.54, 1.807) is 12.1 Å². The molecule has 0 saturated heterocycles. The van der Waals surface area contributed by atoms with Crippen LogP contribution < -0.4 is 10.1 Å². The van der Waals surface area contributed by atoms with Crippen LogP contribution in [0.4, 0.5) is 4.39 Å². The standard InChI is InChI=1S/C16H15FNO/c17-14-7-8-15-13(10-14)6-9-16(19-15)18-11-12-4-2-1-3-5-12/h1-5,7-8,10,18H,6,9,11H2. The molecule has 0 bridgehead atoms. The van der Waals surface area contributed by atoms with Crippen LogP contribution in [0.25, 0.3) is 0 Å². The molecule has 0 amide bonds. The summed E-state index contributed by atoms with van der Waals surface area (Å²) in [5.74, 6) is 0.547. The van der Waals surface area contributed by atoms with Gasteiger partial charge < -0.3 is 4.74 Å². The quantitative estimate of drug-likeness (QED) is 0.908. The van der Waals surface area contributed by atoms with Crippen molar-refractivity contribution in [2.75, 3.05) is 0 Å². The van der Waals surface area contributed by atoms with Gasteiger partial charge in [0.25, 0.3) is 0 Å². The molecule has 1 heterocycles. The average molecular weight is 256 g/mol. The molecule has 0 unspecified atom stereocenters. The predicted octanol–water partition coefficient (Wildman–Crippen LogP) is 3.43. The second-order valence-electron chi connectivity index (χ2n) is 4.62. The molecular formula is C16H15FNO. The van der Waals surface area contributed by atoms with E-state index in [0.717, 1.165) is 36.9 Å². The van der Waals surface area contributed by atoms with Gasteiger partial charge >= 0.3 is 0 Å².